The largest absolute Gasteiger partial charge is 0.359 e. The monoisotopic (exact) mass is 99.1 g/mol. The Bertz CT molecular complexity index is 90.1. The molecule has 0 aromatic heterocycles. The van der Waals surface area contributed by atoms with Gasteiger partial charge in [-0.2, -0.15) is 0 Å². The van der Waals surface area contributed by atoms with E-state index in [4.69, 9.17) is 10.5 Å². The lowest BCUT2D eigenvalue weighted by Crippen LogP contribution is -2.16. The molecule has 1 unspecified atom stereocenters. The molecule has 0 bridgehead atoms. The van der Waals surface area contributed by atoms with Crippen LogP contribution in [-0.2, 0) is 4.74 Å². The van der Waals surface area contributed by atoms with Crippen LogP contribution in [0.5, 0.6) is 0 Å². The minimum absolute atomic E-state index is 0.0764. The van der Waals surface area contributed by atoms with Crippen molar-refractivity contribution in [2.75, 3.05) is 6.61 Å². The molecule has 1 saturated heterocycles. The maximum atomic E-state index is 5.34. The molecule has 2 nitrogen and oxygen atoms in total. The second kappa shape index (κ2) is 1.64. The summed E-state index contributed by atoms with van der Waals surface area (Å²) in [6.07, 6.45) is 0.757. The molecule has 7 heavy (non-hydrogen) atoms. The maximum Gasteiger partial charge on any atom is 0.109 e. The third-order valence-electron chi connectivity index (χ3n) is 0.991. The van der Waals surface area contributed by atoms with E-state index in [9.17, 15) is 0 Å². The zero-order valence-corrected chi connectivity index (χ0v) is 4.18. The van der Waals surface area contributed by atoms with Gasteiger partial charge in [0.25, 0.3) is 0 Å². The van der Waals surface area contributed by atoms with E-state index in [0.717, 1.165) is 12.0 Å². The second-order valence-electron chi connectivity index (χ2n) is 1.80. The first-order valence-electron chi connectivity index (χ1n) is 2.33. The normalized spacial score (nSPS) is 31.6. The first-order valence-corrected chi connectivity index (χ1v) is 2.33. The van der Waals surface area contributed by atoms with Crippen molar-refractivity contribution in [2.45, 2.75) is 12.6 Å². The number of ether oxygens (including phenoxy) is 1. The van der Waals surface area contributed by atoms with E-state index in [-0.39, 0.29) is 6.23 Å². The van der Waals surface area contributed by atoms with E-state index >= 15 is 0 Å². The molecular weight excluding hydrogens is 90.1 g/mol. The summed E-state index contributed by atoms with van der Waals surface area (Å²) in [6.45, 7) is 4.35. The second-order valence-corrected chi connectivity index (χ2v) is 1.80. The lowest BCUT2D eigenvalue weighted by atomic mass is 10.2. The van der Waals surface area contributed by atoms with E-state index in [1.807, 2.05) is 0 Å². The molecule has 1 fully saturated rings. The molecule has 0 radical (unpaired) electrons. The van der Waals surface area contributed by atoms with Gasteiger partial charge >= 0.3 is 0 Å². The van der Waals surface area contributed by atoms with Crippen molar-refractivity contribution in [3.8, 4) is 0 Å². The Morgan fingerprint density at radius 1 is 1.86 bits per heavy atom. The molecule has 1 rings (SSSR count). The zero-order chi connectivity index (χ0) is 5.28. The number of nitrogens with two attached hydrogens (primary N) is 1. The van der Waals surface area contributed by atoms with Crippen molar-refractivity contribution >= 4 is 0 Å². The molecule has 0 aromatic carbocycles. The molecule has 1 aliphatic heterocycles. The first-order chi connectivity index (χ1) is 3.29. The molecule has 1 atom stereocenters. The lowest BCUT2D eigenvalue weighted by molar-refractivity contribution is 0.119. The molecule has 2 N–H and O–H groups in total. The predicted octanol–water partition coefficient (Wildman–Crippen LogP) is 0.248. The van der Waals surface area contributed by atoms with Crippen LogP contribution in [0.3, 0.4) is 0 Å². The lowest BCUT2D eigenvalue weighted by Gasteiger charge is -1.94. The number of hydrogen-bond donors (Lipinski definition) is 1. The Hall–Kier alpha value is -0.340. The van der Waals surface area contributed by atoms with Gasteiger partial charge in [-0.15, -0.1) is 0 Å². The minimum Gasteiger partial charge on any atom is -0.359 e. The van der Waals surface area contributed by atoms with Gasteiger partial charge in [0, 0.05) is 6.42 Å². The van der Waals surface area contributed by atoms with Gasteiger partial charge in [0.2, 0.25) is 0 Å². The van der Waals surface area contributed by atoms with Gasteiger partial charge in [0.05, 0.1) is 6.61 Å². The van der Waals surface area contributed by atoms with Crippen LogP contribution in [0.4, 0.5) is 0 Å². The number of rotatable bonds is 0. The Balaban J connectivity index is 2.40. The molecule has 0 spiro atoms. The van der Waals surface area contributed by atoms with Crippen LogP contribution in [0, 0.1) is 0 Å². The topological polar surface area (TPSA) is 35.2 Å². The highest BCUT2D eigenvalue weighted by atomic mass is 16.5. The van der Waals surface area contributed by atoms with Gasteiger partial charge in [-0.05, 0) is 5.57 Å². The molecular formula is C5H9NO. The van der Waals surface area contributed by atoms with Gasteiger partial charge < -0.3 is 10.5 Å². The van der Waals surface area contributed by atoms with Crippen LogP contribution in [0.25, 0.3) is 0 Å². The van der Waals surface area contributed by atoms with Crippen molar-refractivity contribution in [2.24, 2.45) is 5.73 Å². The Kier molecular flexibility index (Phi) is 1.13. The van der Waals surface area contributed by atoms with E-state index in [1.165, 1.54) is 0 Å². The molecule has 0 aliphatic carbocycles. The van der Waals surface area contributed by atoms with Crippen molar-refractivity contribution in [3.05, 3.63) is 12.2 Å². The summed E-state index contributed by atoms with van der Waals surface area (Å²) in [5, 5.41) is 0. The van der Waals surface area contributed by atoms with E-state index in [1.54, 1.807) is 0 Å². The maximum absolute atomic E-state index is 5.34. The smallest absolute Gasteiger partial charge is 0.109 e. The molecule has 1 heterocycles. The summed E-state index contributed by atoms with van der Waals surface area (Å²) in [5.74, 6) is 0. The highest BCUT2D eigenvalue weighted by Crippen LogP contribution is 2.11. The van der Waals surface area contributed by atoms with Crippen LogP contribution in [0.15, 0.2) is 12.2 Å². The minimum atomic E-state index is -0.0764. The third kappa shape index (κ3) is 1.01. The van der Waals surface area contributed by atoms with Crippen LogP contribution in [0.2, 0.25) is 0 Å². The molecule has 1 aliphatic rings. The van der Waals surface area contributed by atoms with Crippen molar-refractivity contribution in [1.82, 2.24) is 0 Å². The van der Waals surface area contributed by atoms with Crippen LogP contribution < -0.4 is 5.73 Å². The van der Waals surface area contributed by atoms with Crippen molar-refractivity contribution < 1.29 is 4.74 Å². The molecule has 40 valence electrons. The summed E-state index contributed by atoms with van der Waals surface area (Å²) in [7, 11) is 0. The average Bonchev–Trinajstić information content (AvgIpc) is 1.87. The van der Waals surface area contributed by atoms with Gasteiger partial charge in [-0.1, -0.05) is 6.58 Å². The van der Waals surface area contributed by atoms with Gasteiger partial charge in [0.15, 0.2) is 0 Å². The summed E-state index contributed by atoms with van der Waals surface area (Å²) in [4.78, 5) is 0. The SMILES string of the molecule is C=C1COC(N)C1. The summed E-state index contributed by atoms with van der Waals surface area (Å²) < 4.78 is 4.94. The highest BCUT2D eigenvalue weighted by Gasteiger charge is 2.12. The third-order valence-corrected chi connectivity index (χ3v) is 0.991. The zero-order valence-electron chi connectivity index (χ0n) is 4.18. The van der Waals surface area contributed by atoms with E-state index in [2.05, 4.69) is 6.58 Å². The summed E-state index contributed by atoms with van der Waals surface area (Å²) in [5.41, 5.74) is 6.45. The van der Waals surface area contributed by atoms with Crippen LogP contribution in [0.1, 0.15) is 6.42 Å². The predicted molar refractivity (Wildman–Crippen MR) is 27.7 cm³/mol. The molecule has 0 saturated carbocycles. The van der Waals surface area contributed by atoms with Crippen LogP contribution >= 0.6 is 0 Å². The Labute approximate surface area is 43.0 Å². The number of hydrogen-bond acceptors (Lipinski definition) is 2. The van der Waals surface area contributed by atoms with Crippen molar-refractivity contribution in [1.29, 1.82) is 0 Å². The van der Waals surface area contributed by atoms with Crippen LogP contribution in [-0.4, -0.2) is 12.8 Å². The average molecular weight is 99.1 g/mol. The molecule has 0 aromatic rings. The molecule has 2 heteroatoms. The quantitative estimate of drug-likeness (QED) is 0.442. The Morgan fingerprint density at radius 3 is 2.71 bits per heavy atom. The standard InChI is InChI=1S/C5H9NO/c1-4-2-5(6)7-3-4/h5H,1-3,6H2. The molecule has 0 amide bonds. The van der Waals surface area contributed by atoms with Gasteiger partial charge in [-0.25, -0.2) is 0 Å². The van der Waals surface area contributed by atoms with E-state index < -0.39 is 0 Å². The fourth-order valence-electron chi connectivity index (χ4n) is 0.627. The van der Waals surface area contributed by atoms with Gasteiger partial charge in [0.1, 0.15) is 6.23 Å². The summed E-state index contributed by atoms with van der Waals surface area (Å²) >= 11 is 0. The van der Waals surface area contributed by atoms with Crippen molar-refractivity contribution in [3.63, 3.8) is 0 Å². The summed E-state index contributed by atoms with van der Waals surface area (Å²) in [6, 6.07) is 0. The van der Waals surface area contributed by atoms with Gasteiger partial charge in [-0.3, -0.25) is 0 Å². The fourth-order valence-corrected chi connectivity index (χ4v) is 0.627. The highest BCUT2D eigenvalue weighted by molar-refractivity contribution is 4.99. The fraction of sp³-hybridized carbons (Fsp3) is 0.600. The van der Waals surface area contributed by atoms with E-state index in [0.29, 0.717) is 6.61 Å². The Morgan fingerprint density at radius 2 is 2.57 bits per heavy atom. The first kappa shape index (κ1) is 4.81.